The maximum atomic E-state index is 5.52. The Hall–Kier alpha value is -2.32. The van der Waals surface area contributed by atoms with E-state index in [1.807, 2.05) is 6.07 Å². The number of nitrogens with zero attached hydrogens (tertiary/aromatic N) is 3. The number of piperidine rings is 1. The van der Waals surface area contributed by atoms with Crippen molar-refractivity contribution < 1.29 is 23.5 Å². The van der Waals surface area contributed by atoms with E-state index in [0.29, 0.717) is 53.7 Å². The minimum absolute atomic E-state index is 0.384. The van der Waals surface area contributed by atoms with E-state index in [2.05, 4.69) is 15.0 Å². The molecule has 1 fully saturated rings. The highest BCUT2D eigenvalue weighted by atomic mass is 16.5. The Morgan fingerprint density at radius 2 is 1.89 bits per heavy atom. The molecule has 0 N–H and O–H groups in total. The van der Waals surface area contributed by atoms with Crippen LogP contribution in [0.15, 0.2) is 16.7 Å². The van der Waals surface area contributed by atoms with Gasteiger partial charge in [-0.1, -0.05) is 11.6 Å². The minimum atomic E-state index is 0.384. The molecule has 8 nitrogen and oxygen atoms in total. The second-order valence-electron chi connectivity index (χ2n) is 6.47. The zero-order valence-electron chi connectivity index (χ0n) is 16.4. The Bertz CT molecular complexity index is 747. The van der Waals surface area contributed by atoms with Gasteiger partial charge in [0, 0.05) is 13.2 Å². The molecule has 0 radical (unpaired) electrons. The van der Waals surface area contributed by atoms with Gasteiger partial charge >= 0.3 is 0 Å². The van der Waals surface area contributed by atoms with Crippen molar-refractivity contribution in [1.82, 2.24) is 15.0 Å². The van der Waals surface area contributed by atoms with Gasteiger partial charge in [-0.2, -0.15) is 4.98 Å². The molecule has 1 aromatic carbocycles. The van der Waals surface area contributed by atoms with Gasteiger partial charge in [0.25, 0.3) is 0 Å². The predicted molar refractivity (Wildman–Crippen MR) is 99.3 cm³/mol. The van der Waals surface area contributed by atoms with Crippen LogP contribution >= 0.6 is 0 Å². The molecule has 1 aliphatic rings. The summed E-state index contributed by atoms with van der Waals surface area (Å²) >= 11 is 0. The average Bonchev–Trinajstić information content (AvgIpc) is 3.16. The number of methoxy groups -OCH3 is 4. The van der Waals surface area contributed by atoms with Crippen LogP contribution in [0.1, 0.15) is 25.2 Å². The van der Waals surface area contributed by atoms with Crippen LogP contribution in [0.25, 0.3) is 11.4 Å². The molecule has 0 bridgehead atoms. The maximum Gasteiger partial charge on any atom is 0.241 e. The second kappa shape index (κ2) is 9.05. The first-order chi connectivity index (χ1) is 13.2. The summed E-state index contributed by atoms with van der Waals surface area (Å²) in [6.45, 7) is 2.33. The van der Waals surface area contributed by atoms with Crippen LogP contribution < -0.4 is 14.2 Å². The molecule has 0 aliphatic carbocycles. The number of ether oxygens (including phenoxy) is 4. The summed E-state index contributed by atoms with van der Waals surface area (Å²) in [4.78, 5) is 6.92. The van der Waals surface area contributed by atoms with E-state index >= 15 is 0 Å². The van der Waals surface area contributed by atoms with Crippen LogP contribution in [0.2, 0.25) is 0 Å². The summed E-state index contributed by atoms with van der Waals surface area (Å²) in [5.74, 6) is 2.63. The normalized spacial score (nSPS) is 17.7. The SMILES string of the molecule is COC[C@H]1CCCCN1Cc1nc(-c2ccc(OC)c(OC)c2OC)no1. The monoisotopic (exact) mass is 377 g/mol. The van der Waals surface area contributed by atoms with Crippen LogP contribution in [0.4, 0.5) is 0 Å². The standard InChI is InChI=1S/C19H27N3O5/c1-23-12-13-7-5-6-10-22(13)11-16-20-19(21-27-16)14-8-9-15(24-2)18(26-4)17(14)25-3/h8-9,13H,5-7,10-12H2,1-4H3/t13-/m1/s1. The van der Waals surface area contributed by atoms with Gasteiger partial charge in [0.05, 0.1) is 40.0 Å². The lowest BCUT2D eigenvalue weighted by Crippen LogP contribution is -2.41. The Morgan fingerprint density at radius 1 is 1.07 bits per heavy atom. The molecule has 2 heterocycles. The highest BCUT2D eigenvalue weighted by Crippen LogP contribution is 2.43. The molecule has 148 valence electrons. The Labute approximate surface area is 159 Å². The van der Waals surface area contributed by atoms with Crippen molar-refractivity contribution in [2.24, 2.45) is 0 Å². The zero-order chi connectivity index (χ0) is 19.2. The van der Waals surface area contributed by atoms with Gasteiger partial charge in [0.15, 0.2) is 11.5 Å². The van der Waals surface area contributed by atoms with Crippen molar-refractivity contribution in [3.05, 3.63) is 18.0 Å². The summed E-state index contributed by atoms with van der Waals surface area (Å²) in [6, 6.07) is 4.02. The number of aromatic nitrogens is 2. The molecule has 8 heteroatoms. The maximum absolute atomic E-state index is 5.52. The van der Waals surface area contributed by atoms with Gasteiger partial charge in [-0.15, -0.1) is 0 Å². The highest BCUT2D eigenvalue weighted by molar-refractivity contribution is 5.71. The smallest absolute Gasteiger partial charge is 0.241 e. The van der Waals surface area contributed by atoms with Crippen molar-refractivity contribution in [2.45, 2.75) is 31.8 Å². The molecule has 2 aromatic rings. The van der Waals surface area contributed by atoms with Crippen LogP contribution in [0.3, 0.4) is 0 Å². The lowest BCUT2D eigenvalue weighted by atomic mass is 10.0. The first-order valence-corrected chi connectivity index (χ1v) is 9.06. The van der Waals surface area contributed by atoms with Crippen molar-refractivity contribution in [3.63, 3.8) is 0 Å². The van der Waals surface area contributed by atoms with Gasteiger partial charge in [-0.05, 0) is 31.5 Å². The first-order valence-electron chi connectivity index (χ1n) is 9.06. The summed E-state index contributed by atoms with van der Waals surface area (Å²) in [6.07, 6.45) is 3.52. The number of rotatable bonds is 8. The fourth-order valence-corrected chi connectivity index (χ4v) is 3.53. The molecule has 0 unspecified atom stereocenters. The van der Waals surface area contributed by atoms with Crippen molar-refractivity contribution in [1.29, 1.82) is 0 Å². The summed E-state index contributed by atoms with van der Waals surface area (Å²) in [5.41, 5.74) is 0.692. The number of likely N-dealkylation sites (tertiary alicyclic amines) is 1. The quantitative estimate of drug-likeness (QED) is 0.695. The summed E-state index contributed by atoms with van der Waals surface area (Å²) in [7, 11) is 6.46. The molecule has 0 saturated carbocycles. The van der Waals surface area contributed by atoms with E-state index in [9.17, 15) is 0 Å². The van der Waals surface area contributed by atoms with E-state index in [1.54, 1.807) is 34.5 Å². The van der Waals surface area contributed by atoms with E-state index in [0.717, 1.165) is 13.0 Å². The van der Waals surface area contributed by atoms with Crippen LogP contribution in [0.5, 0.6) is 17.2 Å². The van der Waals surface area contributed by atoms with Gasteiger partial charge in [-0.25, -0.2) is 0 Å². The lowest BCUT2D eigenvalue weighted by Gasteiger charge is -2.34. The largest absolute Gasteiger partial charge is 0.493 e. The summed E-state index contributed by atoms with van der Waals surface area (Å²) < 4.78 is 27.1. The van der Waals surface area contributed by atoms with E-state index in [4.69, 9.17) is 23.5 Å². The highest BCUT2D eigenvalue weighted by Gasteiger charge is 2.25. The molecule has 27 heavy (non-hydrogen) atoms. The second-order valence-corrected chi connectivity index (χ2v) is 6.47. The Balaban J connectivity index is 1.83. The van der Waals surface area contributed by atoms with E-state index in [1.165, 1.54) is 12.8 Å². The Kier molecular flexibility index (Phi) is 6.52. The van der Waals surface area contributed by atoms with Crippen LogP contribution in [-0.4, -0.2) is 62.7 Å². The number of hydrogen-bond donors (Lipinski definition) is 0. The predicted octanol–water partition coefficient (Wildman–Crippen LogP) is 2.76. The average molecular weight is 377 g/mol. The summed E-state index contributed by atoms with van der Waals surface area (Å²) in [5, 5.41) is 4.14. The third-order valence-electron chi connectivity index (χ3n) is 4.86. The van der Waals surface area contributed by atoms with Gasteiger partial charge in [0.1, 0.15) is 0 Å². The van der Waals surface area contributed by atoms with Gasteiger partial charge in [-0.3, -0.25) is 4.90 Å². The van der Waals surface area contributed by atoms with Crippen molar-refractivity contribution in [3.8, 4) is 28.6 Å². The van der Waals surface area contributed by atoms with E-state index in [-0.39, 0.29) is 0 Å². The lowest BCUT2D eigenvalue weighted by molar-refractivity contribution is 0.0532. The van der Waals surface area contributed by atoms with Crippen LogP contribution in [0, 0.1) is 0 Å². The van der Waals surface area contributed by atoms with Crippen molar-refractivity contribution in [2.75, 3.05) is 41.6 Å². The molecule has 1 saturated heterocycles. The van der Waals surface area contributed by atoms with Gasteiger partial charge < -0.3 is 23.5 Å². The third-order valence-corrected chi connectivity index (χ3v) is 4.86. The topological polar surface area (TPSA) is 79.1 Å². The number of hydrogen-bond acceptors (Lipinski definition) is 8. The molecular formula is C19H27N3O5. The van der Waals surface area contributed by atoms with Gasteiger partial charge in [0.2, 0.25) is 17.5 Å². The third kappa shape index (κ3) is 4.17. The minimum Gasteiger partial charge on any atom is -0.493 e. The number of benzene rings is 1. The van der Waals surface area contributed by atoms with Crippen LogP contribution in [-0.2, 0) is 11.3 Å². The molecule has 1 aliphatic heterocycles. The molecule has 3 rings (SSSR count). The first kappa shape index (κ1) is 19.4. The fourth-order valence-electron chi connectivity index (χ4n) is 3.53. The van der Waals surface area contributed by atoms with Crippen molar-refractivity contribution >= 4 is 0 Å². The molecule has 0 spiro atoms. The van der Waals surface area contributed by atoms with E-state index < -0.39 is 0 Å². The molecule has 0 amide bonds. The zero-order valence-corrected chi connectivity index (χ0v) is 16.4. The molecular weight excluding hydrogens is 350 g/mol. The molecule has 1 aromatic heterocycles. The fraction of sp³-hybridized carbons (Fsp3) is 0.579. The Morgan fingerprint density at radius 3 is 2.59 bits per heavy atom. The molecule has 1 atom stereocenters.